The van der Waals surface area contributed by atoms with Crippen LogP contribution in [0.15, 0.2) is 21.9 Å². The maximum Gasteiger partial charge on any atom is 0.337 e. The van der Waals surface area contributed by atoms with E-state index in [4.69, 9.17) is 14.2 Å². The molecule has 3 N–H and O–H groups in total. The van der Waals surface area contributed by atoms with Crippen LogP contribution in [0.2, 0.25) is 0 Å². The molecular weight excluding hydrogens is 304 g/mol. The van der Waals surface area contributed by atoms with Gasteiger partial charge in [0.25, 0.3) is 20.2 Å². The average Bonchev–Trinajstić information content (AvgIpc) is 2.24. The maximum absolute atomic E-state index is 11.1. The summed E-state index contributed by atoms with van der Waals surface area (Å²) in [5, 5.41) is 8.82. The van der Waals surface area contributed by atoms with Crippen molar-refractivity contribution < 1.29 is 40.6 Å². The fraction of sp³-hybridized carbons (Fsp3) is 0. The van der Waals surface area contributed by atoms with Crippen molar-refractivity contribution in [1.82, 2.24) is 0 Å². The molecule has 0 amide bonds. The Morgan fingerprint density at radius 1 is 1.05 bits per heavy atom. The molecule has 9 nitrogen and oxygen atoms in total. The second kappa shape index (κ2) is 4.70. The lowest BCUT2D eigenvalue weighted by Crippen LogP contribution is -2.16. The van der Waals surface area contributed by atoms with E-state index in [1.807, 2.05) is 0 Å². The van der Waals surface area contributed by atoms with Crippen LogP contribution in [0, 0.1) is 0 Å². The highest BCUT2D eigenvalue weighted by molar-refractivity contribution is 7.89. The molecular formula is C8H6O9S2. The first-order chi connectivity index (χ1) is 8.50. The fourth-order valence-electron chi connectivity index (χ4n) is 1.36. The number of aromatic carboxylic acids is 1. The van der Waals surface area contributed by atoms with Gasteiger partial charge in [0, 0.05) is 5.56 Å². The molecule has 104 valence electrons. The molecule has 0 radical (unpaired) electrons. The molecule has 1 rings (SSSR count). The lowest BCUT2D eigenvalue weighted by atomic mass is 10.1. The summed E-state index contributed by atoms with van der Waals surface area (Å²) in [6.45, 7) is 0. The Balaban J connectivity index is 4.09. The zero-order chi connectivity index (χ0) is 15.0. The van der Waals surface area contributed by atoms with Crippen LogP contribution in [-0.4, -0.2) is 43.3 Å². The first-order valence-corrected chi connectivity index (χ1v) is 7.18. The van der Waals surface area contributed by atoms with Gasteiger partial charge in [0.1, 0.15) is 9.79 Å². The van der Waals surface area contributed by atoms with Crippen LogP contribution in [0.5, 0.6) is 0 Å². The number of hydrogen-bond acceptors (Lipinski definition) is 6. The molecule has 0 unspecified atom stereocenters. The van der Waals surface area contributed by atoms with Gasteiger partial charge in [-0.2, -0.15) is 16.8 Å². The van der Waals surface area contributed by atoms with Crippen molar-refractivity contribution in [3.05, 3.63) is 23.3 Å². The van der Waals surface area contributed by atoms with Crippen molar-refractivity contribution in [2.45, 2.75) is 9.79 Å². The number of carboxylic acid groups (broad SMARTS) is 1. The van der Waals surface area contributed by atoms with E-state index in [0.29, 0.717) is 12.1 Å². The highest BCUT2D eigenvalue weighted by Crippen LogP contribution is 2.27. The van der Waals surface area contributed by atoms with Gasteiger partial charge in [-0.05, 0) is 12.1 Å². The van der Waals surface area contributed by atoms with Crippen LogP contribution < -0.4 is 0 Å². The molecule has 0 saturated carbocycles. The number of carbonyl (C=O) groups excluding carboxylic acids is 1. The highest BCUT2D eigenvalue weighted by atomic mass is 32.2. The second-order valence-corrected chi connectivity index (χ2v) is 5.98. The van der Waals surface area contributed by atoms with Crippen molar-refractivity contribution in [1.29, 1.82) is 0 Å². The Hall–Kier alpha value is -1.82. The zero-order valence-corrected chi connectivity index (χ0v) is 10.5. The predicted molar refractivity (Wildman–Crippen MR) is 58.4 cm³/mol. The monoisotopic (exact) mass is 310 g/mol. The summed E-state index contributed by atoms with van der Waals surface area (Å²) in [6.07, 6.45) is -0.0358. The summed E-state index contributed by atoms with van der Waals surface area (Å²) >= 11 is 0. The first-order valence-electron chi connectivity index (χ1n) is 4.30. The third-order valence-electron chi connectivity index (χ3n) is 2.03. The molecule has 0 aliphatic rings. The molecule has 0 heterocycles. The van der Waals surface area contributed by atoms with Gasteiger partial charge in [-0.25, -0.2) is 4.79 Å². The largest absolute Gasteiger partial charge is 0.478 e. The standard InChI is InChI=1S/C8H6O9S2/c9-3-4-1-2-5(18(12,13)14)7(19(15,16)17)6(4)8(10)11/h1-3H,(H,10,11)(H,12,13,14)(H,15,16,17). The second-order valence-electron chi connectivity index (χ2n) is 3.23. The van der Waals surface area contributed by atoms with E-state index in [1.165, 1.54) is 0 Å². The third kappa shape index (κ3) is 2.96. The molecule has 0 fully saturated rings. The molecule has 19 heavy (non-hydrogen) atoms. The summed E-state index contributed by atoms with van der Waals surface area (Å²) in [7, 11) is -10.4. The van der Waals surface area contributed by atoms with E-state index in [1.54, 1.807) is 0 Å². The molecule has 0 spiro atoms. The van der Waals surface area contributed by atoms with Gasteiger partial charge in [0.05, 0.1) is 5.56 Å². The predicted octanol–water partition coefficient (Wildman–Crippen LogP) is -0.309. The normalized spacial score (nSPS) is 12.1. The van der Waals surface area contributed by atoms with Crippen LogP contribution in [0.3, 0.4) is 0 Å². The molecule has 0 aliphatic carbocycles. The van der Waals surface area contributed by atoms with Crippen molar-refractivity contribution in [3.63, 3.8) is 0 Å². The van der Waals surface area contributed by atoms with E-state index in [2.05, 4.69) is 0 Å². The minimum Gasteiger partial charge on any atom is -0.478 e. The van der Waals surface area contributed by atoms with Gasteiger partial charge >= 0.3 is 5.97 Å². The molecule has 11 heteroatoms. The highest BCUT2D eigenvalue weighted by Gasteiger charge is 2.32. The smallest absolute Gasteiger partial charge is 0.337 e. The van der Waals surface area contributed by atoms with Crippen LogP contribution in [-0.2, 0) is 20.2 Å². The van der Waals surface area contributed by atoms with E-state index in [-0.39, 0.29) is 6.29 Å². The number of benzene rings is 1. The molecule has 1 aromatic carbocycles. The zero-order valence-electron chi connectivity index (χ0n) is 8.84. The van der Waals surface area contributed by atoms with Gasteiger partial charge in [0.2, 0.25) is 0 Å². The maximum atomic E-state index is 11.1. The molecule has 0 aliphatic heterocycles. The van der Waals surface area contributed by atoms with Crippen molar-refractivity contribution in [2.24, 2.45) is 0 Å². The molecule has 0 aromatic heterocycles. The Labute approximate surface area is 107 Å². The van der Waals surface area contributed by atoms with Crippen LogP contribution >= 0.6 is 0 Å². The van der Waals surface area contributed by atoms with Gasteiger partial charge < -0.3 is 5.11 Å². The van der Waals surface area contributed by atoms with Crippen molar-refractivity contribution in [3.8, 4) is 0 Å². The minimum absolute atomic E-state index is 0.0358. The summed E-state index contributed by atoms with van der Waals surface area (Å²) in [6, 6.07) is 1.18. The number of rotatable bonds is 4. The van der Waals surface area contributed by atoms with Gasteiger partial charge in [0.15, 0.2) is 6.29 Å². The Bertz CT molecular complexity index is 758. The third-order valence-corrected chi connectivity index (χ3v) is 4.00. The lowest BCUT2D eigenvalue weighted by molar-refractivity contribution is 0.0688. The minimum atomic E-state index is -5.30. The van der Waals surface area contributed by atoms with Gasteiger partial charge in [-0.1, -0.05) is 0 Å². The Morgan fingerprint density at radius 2 is 1.58 bits per heavy atom. The van der Waals surface area contributed by atoms with Crippen LogP contribution in [0.1, 0.15) is 20.7 Å². The summed E-state index contributed by atoms with van der Waals surface area (Å²) in [4.78, 5) is 18.6. The van der Waals surface area contributed by atoms with E-state index in [0.717, 1.165) is 0 Å². The van der Waals surface area contributed by atoms with E-state index >= 15 is 0 Å². The average molecular weight is 310 g/mol. The number of carbonyl (C=O) groups is 2. The molecule has 1 aromatic rings. The van der Waals surface area contributed by atoms with E-state index in [9.17, 15) is 26.4 Å². The number of aldehydes is 1. The first kappa shape index (κ1) is 15.2. The van der Waals surface area contributed by atoms with Crippen LogP contribution in [0.4, 0.5) is 0 Å². The fourth-order valence-corrected chi connectivity index (χ4v) is 3.35. The lowest BCUT2D eigenvalue weighted by Gasteiger charge is -2.09. The van der Waals surface area contributed by atoms with Crippen molar-refractivity contribution in [2.75, 3.05) is 0 Å². The van der Waals surface area contributed by atoms with Crippen LogP contribution in [0.25, 0.3) is 0 Å². The molecule has 0 saturated heterocycles. The van der Waals surface area contributed by atoms with E-state index < -0.39 is 47.1 Å². The Morgan fingerprint density at radius 3 is 1.89 bits per heavy atom. The Kier molecular flexibility index (Phi) is 3.77. The number of hydrogen-bond donors (Lipinski definition) is 3. The summed E-state index contributed by atoms with van der Waals surface area (Å²) < 4.78 is 61.9. The summed E-state index contributed by atoms with van der Waals surface area (Å²) in [5.74, 6) is -1.96. The van der Waals surface area contributed by atoms with Gasteiger partial charge in [-0.15, -0.1) is 0 Å². The number of carboxylic acids is 1. The summed E-state index contributed by atoms with van der Waals surface area (Å²) in [5.41, 5.74) is -1.92. The quantitative estimate of drug-likeness (QED) is 0.499. The molecule has 0 atom stereocenters. The SMILES string of the molecule is O=Cc1ccc(S(=O)(=O)O)c(S(=O)(=O)O)c1C(=O)O. The molecule has 0 bridgehead atoms. The van der Waals surface area contributed by atoms with Crippen molar-refractivity contribution >= 4 is 32.5 Å². The van der Waals surface area contributed by atoms with Gasteiger partial charge in [-0.3, -0.25) is 13.9 Å². The topological polar surface area (TPSA) is 163 Å².